The molecule has 2 aromatic rings. The predicted octanol–water partition coefficient (Wildman–Crippen LogP) is 4.66. The number of anilines is 1. The average Bonchev–Trinajstić information content (AvgIpc) is 3.02. The van der Waals surface area contributed by atoms with Gasteiger partial charge in [-0.25, -0.2) is 9.97 Å². The molecule has 1 aromatic carbocycles. The Morgan fingerprint density at radius 2 is 1.86 bits per heavy atom. The van der Waals surface area contributed by atoms with E-state index >= 15 is 0 Å². The van der Waals surface area contributed by atoms with Crippen LogP contribution in [0.25, 0.3) is 11.3 Å². The lowest BCUT2D eigenvalue weighted by Gasteiger charge is -2.11. The Balaban J connectivity index is 1.83. The number of hydrogen-bond donors (Lipinski definition) is 1. The summed E-state index contributed by atoms with van der Waals surface area (Å²) in [5, 5.41) is 0.763. The molecule has 0 aliphatic heterocycles. The van der Waals surface area contributed by atoms with E-state index in [-0.39, 0.29) is 0 Å². The van der Waals surface area contributed by atoms with E-state index in [2.05, 4.69) is 20.9 Å². The van der Waals surface area contributed by atoms with Crippen LogP contribution in [0.1, 0.15) is 31.5 Å². The topological polar surface area (TPSA) is 51.8 Å². The van der Waals surface area contributed by atoms with Crippen molar-refractivity contribution in [3.8, 4) is 11.3 Å². The van der Waals surface area contributed by atoms with Crippen LogP contribution in [-0.4, -0.2) is 15.2 Å². The molecule has 1 saturated carbocycles. The molecule has 3 rings (SSSR count). The van der Waals surface area contributed by atoms with Gasteiger partial charge in [-0.3, -0.25) is 0 Å². The third kappa shape index (κ3) is 3.58. The quantitative estimate of drug-likeness (QED) is 0.857. The zero-order valence-corrected chi connectivity index (χ0v) is 14.2. The summed E-state index contributed by atoms with van der Waals surface area (Å²) >= 11 is 5.47. The lowest BCUT2D eigenvalue weighted by Crippen LogP contribution is -2.04. The first-order valence-electron chi connectivity index (χ1n) is 7.23. The van der Waals surface area contributed by atoms with Gasteiger partial charge in [-0.2, -0.15) is 11.8 Å². The highest BCUT2D eigenvalue weighted by atomic mass is 79.9. The minimum absolute atomic E-state index is 0.519. The fourth-order valence-corrected chi connectivity index (χ4v) is 4.20. The van der Waals surface area contributed by atoms with Crippen molar-refractivity contribution in [2.75, 3.05) is 5.73 Å². The van der Waals surface area contributed by atoms with Crippen LogP contribution in [0.5, 0.6) is 0 Å². The predicted molar refractivity (Wildman–Crippen MR) is 93.1 cm³/mol. The van der Waals surface area contributed by atoms with Crippen LogP contribution < -0.4 is 5.73 Å². The highest BCUT2D eigenvalue weighted by Gasteiger charge is 2.17. The molecule has 1 fully saturated rings. The van der Waals surface area contributed by atoms with Crippen molar-refractivity contribution < 1.29 is 0 Å². The summed E-state index contributed by atoms with van der Waals surface area (Å²) in [4.78, 5) is 9.12. The van der Waals surface area contributed by atoms with E-state index in [0.29, 0.717) is 5.82 Å². The van der Waals surface area contributed by atoms with Crippen LogP contribution in [0.4, 0.5) is 5.82 Å². The number of hydrogen-bond acceptors (Lipinski definition) is 4. The van der Waals surface area contributed by atoms with Crippen molar-refractivity contribution in [1.29, 1.82) is 0 Å². The van der Waals surface area contributed by atoms with Crippen LogP contribution in [0, 0.1) is 0 Å². The average molecular weight is 364 g/mol. The van der Waals surface area contributed by atoms with Crippen LogP contribution in [-0.2, 0) is 5.75 Å². The lowest BCUT2D eigenvalue weighted by atomic mass is 10.1. The van der Waals surface area contributed by atoms with Crippen molar-refractivity contribution in [3.05, 3.63) is 40.6 Å². The zero-order chi connectivity index (χ0) is 14.7. The third-order valence-corrected chi connectivity index (χ3v) is 5.87. The van der Waals surface area contributed by atoms with Crippen LogP contribution >= 0.6 is 27.7 Å². The fraction of sp³-hybridized carbons (Fsp3) is 0.375. The number of halogens is 1. The van der Waals surface area contributed by atoms with Crippen LogP contribution in [0.15, 0.2) is 34.8 Å². The van der Waals surface area contributed by atoms with Gasteiger partial charge >= 0.3 is 0 Å². The SMILES string of the molecule is Nc1nc(CSC2CCCC2)nc(-c2ccccc2)c1Br. The number of benzene rings is 1. The Morgan fingerprint density at radius 1 is 1.14 bits per heavy atom. The molecule has 0 saturated heterocycles. The van der Waals surface area contributed by atoms with Gasteiger partial charge in [0.2, 0.25) is 0 Å². The van der Waals surface area contributed by atoms with Crippen molar-refractivity contribution >= 4 is 33.5 Å². The molecule has 5 heteroatoms. The Bertz CT molecular complexity index is 612. The van der Waals surface area contributed by atoms with Gasteiger partial charge in [0.05, 0.1) is 15.9 Å². The first kappa shape index (κ1) is 14.9. The Hall–Kier alpha value is -1.07. The van der Waals surface area contributed by atoms with E-state index in [1.807, 2.05) is 42.1 Å². The number of rotatable bonds is 4. The number of nitrogens with two attached hydrogens (primary N) is 1. The second kappa shape index (κ2) is 6.79. The second-order valence-electron chi connectivity index (χ2n) is 5.27. The molecule has 110 valence electrons. The minimum atomic E-state index is 0.519. The normalized spacial score (nSPS) is 15.5. The van der Waals surface area contributed by atoms with Gasteiger partial charge in [-0.05, 0) is 28.8 Å². The molecule has 0 atom stereocenters. The van der Waals surface area contributed by atoms with Gasteiger partial charge in [-0.1, -0.05) is 43.2 Å². The number of thioether (sulfide) groups is 1. The first-order chi connectivity index (χ1) is 10.2. The molecule has 2 N–H and O–H groups in total. The molecule has 1 aliphatic rings. The summed E-state index contributed by atoms with van der Waals surface area (Å²) in [6.45, 7) is 0. The molecule has 0 radical (unpaired) electrons. The standard InChI is InChI=1S/C16H18BrN3S/c17-14-15(11-6-2-1-3-7-11)19-13(20-16(14)18)10-21-12-8-4-5-9-12/h1-3,6-7,12H,4-5,8-10H2,(H2,18,19,20). The summed E-state index contributed by atoms with van der Waals surface area (Å²) in [6, 6.07) is 10.1. The summed E-state index contributed by atoms with van der Waals surface area (Å²) in [6.07, 6.45) is 5.36. The molecule has 0 spiro atoms. The molecule has 1 aliphatic carbocycles. The first-order valence-corrected chi connectivity index (χ1v) is 9.07. The van der Waals surface area contributed by atoms with Gasteiger partial charge in [0, 0.05) is 10.8 Å². The molecule has 1 aromatic heterocycles. The van der Waals surface area contributed by atoms with Crippen LogP contribution in [0.2, 0.25) is 0 Å². The zero-order valence-electron chi connectivity index (χ0n) is 11.8. The van der Waals surface area contributed by atoms with E-state index in [1.165, 1.54) is 25.7 Å². The number of nitrogens with zero attached hydrogens (tertiary/aromatic N) is 2. The van der Waals surface area contributed by atoms with E-state index in [0.717, 1.165) is 32.6 Å². The van der Waals surface area contributed by atoms with Gasteiger partial charge in [0.25, 0.3) is 0 Å². The van der Waals surface area contributed by atoms with Crippen molar-refractivity contribution in [1.82, 2.24) is 9.97 Å². The van der Waals surface area contributed by atoms with Crippen molar-refractivity contribution in [2.24, 2.45) is 0 Å². The Morgan fingerprint density at radius 3 is 2.57 bits per heavy atom. The largest absolute Gasteiger partial charge is 0.383 e. The minimum Gasteiger partial charge on any atom is -0.383 e. The molecule has 1 heterocycles. The Kier molecular flexibility index (Phi) is 4.80. The van der Waals surface area contributed by atoms with E-state index in [9.17, 15) is 0 Å². The Labute approximate surface area is 137 Å². The smallest absolute Gasteiger partial charge is 0.142 e. The molecular weight excluding hydrogens is 346 g/mol. The van der Waals surface area contributed by atoms with Gasteiger partial charge in [-0.15, -0.1) is 0 Å². The summed E-state index contributed by atoms with van der Waals surface area (Å²) in [7, 11) is 0. The third-order valence-electron chi connectivity index (χ3n) is 3.72. The van der Waals surface area contributed by atoms with E-state index in [1.54, 1.807) is 0 Å². The molecule has 3 nitrogen and oxygen atoms in total. The fourth-order valence-electron chi connectivity index (χ4n) is 2.61. The molecule has 0 unspecified atom stereocenters. The van der Waals surface area contributed by atoms with Gasteiger partial charge < -0.3 is 5.73 Å². The van der Waals surface area contributed by atoms with Gasteiger partial charge in [0.1, 0.15) is 11.6 Å². The maximum absolute atomic E-state index is 6.04. The number of nitrogen functional groups attached to an aromatic ring is 1. The summed E-state index contributed by atoms with van der Waals surface area (Å²) < 4.78 is 0.781. The maximum atomic E-state index is 6.04. The van der Waals surface area contributed by atoms with E-state index < -0.39 is 0 Å². The highest BCUT2D eigenvalue weighted by Crippen LogP contribution is 2.33. The molecule has 21 heavy (non-hydrogen) atoms. The summed E-state index contributed by atoms with van der Waals surface area (Å²) in [5.41, 5.74) is 7.98. The maximum Gasteiger partial charge on any atom is 0.142 e. The highest BCUT2D eigenvalue weighted by molar-refractivity contribution is 9.10. The summed E-state index contributed by atoms with van der Waals surface area (Å²) in [5.74, 6) is 2.18. The molecular formula is C16H18BrN3S. The second-order valence-corrected chi connectivity index (χ2v) is 7.35. The molecule has 0 amide bonds. The van der Waals surface area contributed by atoms with E-state index in [4.69, 9.17) is 10.7 Å². The monoisotopic (exact) mass is 363 g/mol. The van der Waals surface area contributed by atoms with Crippen LogP contribution in [0.3, 0.4) is 0 Å². The van der Waals surface area contributed by atoms with Gasteiger partial charge in [0.15, 0.2) is 0 Å². The van der Waals surface area contributed by atoms with Crippen molar-refractivity contribution in [2.45, 2.75) is 36.7 Å². The lowest BCUT2D eigenvalue weighted by molar-refractivity contribution is 0.886. The van der Waals surface area contributed by atoms with Crippen molar-refractivity contribution in [3.63, 3.8) is 0 Å². The number of aromatic nitrogens is 2. The molecule has 0 bridgehead atoms.